The molecule has 2 rings (SSSR count). The van der Waals surface area contributed by atoms with Gasteiger partial charge in [-0.2, -0.15) is 0 Å². The summed E-state index contributed by atoms with van der Waals surface area (Å²) < 4.78 is 0. The van der Waals surface area contributed by atoms with Crippen molar-refractivity contribution in [3.63, 3.8) is 0 Å². The molecule has 0 bridgehead atoms. The van der Waals surface area contributed by atoms with Crippen molar-refractivity contribution in [2.45, 2.75) is 45.1 Å². The van der Waals surface area contributed by atoms with Gasteiger partial charge in [-0.05, 0) is 33.1 Å². The summed E-state index contributed by atoms with van der Waals surface area (Å²) in [6.07, 6.45) is 3.05. The van der Waals surface area contributed by atoms with E-state index in [2.05, 4.69) is 34.1 Å². The Morgan fingerprint density at radius 2 is 2.21 bits per heavy atom. The molecule has 0 spiro atoms. The molecule has 1 aliphatic rings. The van der Waals surface area contributed by atoms with Crippen LogP contribution in [0.1, 0.15) is 44.9 Å². The number of hydrogen-bond acceptors (Lipinski definition) is 6. The maximum absolute atomic E-state index is 9.01. The molecule has 0 amide bonds. The number of nitrogens with one attached hydrogen (secondary N) is 1. The van der Waals surface area contributed by atoms with Crippen LogP contribution in [-0.4, -0.2) is 34.3 Å². The van der Waals surface area contributed by atoms with Gasteiger partial charge in [-0.3, -0.25) is 0 Å². The van der Waals surface area contributed by atoms with Crippen LogP contribution in [0.4, 0.5) is 11.6 Å². The molecular formula is C13H23N5O. The fraction of sp³-hybridized carbons (Fsp3) is 0.692. The molecule has 1 aliphatic carbocycles. The summed E-state index contributed by atoms with van der Waals surface area (Å²) in [6.45, 7) is 5.20. The number of nitrogen functional groups attached to an aromatic ring is 1. The van der Waals surface area contributed by atoms with Crippen molar-refractivity contribution in [2.75, 3.05) is 23.5 Å². The van der Waals surface area contributed by atoms with Crippen molar-refractivity contribution < 1.29 is 5.11 Å². The zero-order chi connectivity index (χ0) is 13.8. The second kappa shape index (κ2) is 6.16. The van der Waals surface area contributed by atoms with Crippen molar-refractivity contribution in [2.24, 2.45) is 5.84 Å². The molecule has 4 N–H and O–H groups in total. The first kappa shape index (κ1) is 14.0. The summed E-state index contributed by atoms with van der Waals surface area (Å²) in [5.74, 6) is 8.38. The van der Waals surface area contributed by atoms with Gasteiger partial charge in [0.05, 0.1) is 0 Å². The van der Waals surface area contributed by atoms with Gasteiger partial charge in [-0.1, -0.05) is 0 Å². The smallest absolute Gasteiger partial charge is 0.145 e. The van der Waals surface area contributed by atoms with Gasteiger partial charge < -0.3 is 15.4 Å². The molecule has 1 saturated carbocycles. The third-order valence-corrected chi connectivity index (χ3v) is 3.30. The number of aliphatic hydroxyl groups is 1. The Hall–Kier alpha value is -1.40. The Labute approximate surface area is 114 Å². The number of aromatic nitrogens is 2. The first-order valence-electron chi connectivity index (χ1n) is 6.88. The van der Waals surface area contributed by atoms with Gasteiger partial charge in [-0.15, -0.1) is 0 Å². The van der Waals surface area contributed by atoms with Crippen molar-refractivity contribution in [3.8, 4) is 0 Å². The standard InChI is InChI=1S/C13H23N5O/c1-9(2)18(6-3-7-19)12-8-11(17-14)15-13(16-12)10-4-5-10/h8-10,19H,3-7,14H2,1-2H3,(H,15,16,17). The van der Waals surface area contributed by atoms with Gasteiger partial charge in [0.2, 0.25) is 0 Å². The molecule has 0 saturated heterocycles. The molecule has 6 nitrogen and oxygen atoms in total. The number of hydrogen-bond donors (Lipinski definition) is 3. The van der Waals surface area contributed by atoms with Gasteiger partial charge in [-0.25, -0.2) is 15.8 Å². The van der Waals surface area contributed by atoms with Gasteiger partial charge in [0.15, 0.2) is 0 Å². The van der Waals surface area contributed by atoms with E-state index in [0.717, 1.165) is 37.4 Å². The second-order valence-corrected chi connectivity index (χ2v) is 5.25. The van der Waals surface area contributed by atoms with Gasteiger partial charge in [0, 0.05) is 31.2 Å². The van der Waals surface area contributed by atoms with E-state index in [0.29, 0.717) is 17.8 Å². The highest BCUT2D eigenvalue weighted by Crippen LogP contribution is 2.39. The molecule has 1 heterocycles. The molecule has 19 heavy (non-hydrogen) atoms. The van der Waals surface area contributed by atoms with Crippen molar-refractivity contribution in [1.82, 2.24) is 9.97 Å². The SMILES string of the molecule is CC(C)N(CCCO)c1cc(NN)nc(C2CC2)n1. The number of nitrogens with two attached hydrogens (primary N) is 1. The van der Waals surface area contributed by atoms with Crippen molar-refractivity contribution in [1.29, 1.82) is 0 Å². The molecule has 0 unspecified atom stereocenters. The van der Waals surface area contributed by atoms with Crippen LogP contribution in [0, 0.1) is 0 Å². The van der Waals surface area contributed by atoms with Crippen LogP contribution in [0.25, 0.3) is 0 Å². The summed E-state index contributed by atoms with van der Waals surface area (Å²) in [6, 6.07) is 2.18. The summed E-state index contributed by atoms with van der Waals surface area (Å²) in [7, 11) is 0. The van der Waals surface area contributed by atoms with Crippen LogP contribution in [-0.2, 0) is 0 Å². The molecule has 0 radical (unpaired) electrons. The minimum atomic E-state index is 0.186. The zero-order valence-electron chi connectivity index (χ0n) is 11.6. The van der Waals surface area contributed by atoms with Crippen molar-refractivity contribution in [3.05, 3.63) is 11.9 Å². The quantitative estimate of drug-likeness (QED) is 0.508. The van der Waals surface area contributed by atoms with E-state index in [1.165, 1.54) is 0 Å². The largest absolute Gasteiger partial charge is 0.396 e. The predicted octanol–water partition coefficient (Wildman–Crippen LogP) is 1.24. The van der Waals surface area contributed by atoms with Gasteiger partial charge in [0.1, 0.15) is 17.5 Å². The Balaban J connectivity index is 2.26. The lowest BCUT2D eigenvalue weighted by Crippen LogP contribution is -2.33. The van der Waals surface area contributed by atoms with Crippen LogP contribution < -0.4 is 16.2 Å². The van der Waals surface area contributed by atoms with E-state index in [1.54, 1.807) is 0 Å². The van der Waals surface area contributed by atoms with Crippen LogP contribution in [0.5, 0.6) is 0 Å². The molecule has 0 aliphatic heterocycles. The van der Waals surface area contributed by atoms with Crippen LogP contribution in [0.15, 0.2) is 6.07 Å². The maximum Gasteiger partial charge on any atom is 0.145 e. The van der Waals surface area contributed by atoms with E-state index >= 15 is 0 Å². The average molecular weight is 265 g/mol. The predicted molar refractivity (Wildman–Crippen MR) is 76.0 cm³/mol. The van der Waals surface area contributed by atoms with Crippen LogP contribution in [0.3, 0.4) is 0 Å². The fourth-order valence-electron chi connectivity index (χ4n) is 2.08. The zero-order valence-corrected chi connectivity index (χ0v) is 11.6. The van der Waals surface area contributed by atoms with E-state index < -0.39 is 0 Å². The molecule has 6 heteroatoms. The van der Waals surface area contributed by atoms with E-state index in [-0.39, 0.29) is 6.61 Å². The van der Waals surface area contributed by atoms with Crippen molar-refractivity contribution >= 4 is 11.6 Å². The molecule has 0 aromatic carbocycles. The molecule has 1 fully saturated rings. The lowest BCUT2D eigenvalue weighted by atomic mass is 10.2. The molecular weight excluding hydrogens is 242 g/mol. The summed E-state index contributed by atoms with van der Waals surface area (Å²) >= 11 is 0. The third kappa shape index (κ3) is 3.54. The number of anilines is 2. The Morgan fingerprint density at radius 1 is 1.47 bits per heavy atom. The highest BCUT2D eigenvalue weighted by atomic mass is 16.3. The highest BCUT2D eigenvalue weighted by molar-refractivity contribution is 5.50. The van der Waals surface area contributed by atoms with E-state index in [4.69, 9.17) is 10.9 Å². The molecule has 0 atom stereocenters. The normalized spacial score (nSPS) is 14.8. The van der Waals surface area contributed by atoms with E-state index in [9.17, 15) is 0 Å². The minimum absolute atomic E-state index is 0.186. The fourth-order valence-corrected chi connectivity index (χ4v) is 2.08. The summed E-state index contributed by atoms with van der Waals surface area (Å²) in [5, 5.41) is 9.01. The van der Waals surface area contributed by atoms with Crippen LogP contribution in [0.2, 0.25) is 0 Å². The maximum atomic E-state index is 9.01. The Bertz CT molecular complexity index is 419. The Kier molecular flexibility index (Phi) is 4.55. The summed E-state index contributed by atoms with van der Waals surface area (Å²) in [4.78, 5) is 11.2. The number of nitrogens with zero attached hydrogens (tertiary/aromatic N) is 3. The van der Waals surface area contributed by atoms with Gasteiger partial charge in [0.25, 0.3) is 0 Å². The van der Waals surface area contributed by atoms with E-state index in [1.807, 2.05) is 6.07 Å². The first-order chi connectivity index (χ1) is 9.15. The average Bonchev–Trinajstić information content (AvgIpc) is 3.22. The second-order valence-electron chi connectivity index (χ2n) is 5.25. The molecule has 1 aromatic heterocycles. The van der Waals surface area contributed by atoms with Crippen LogP contribution >= 0.6 is 0 Å². The minimum Gasteiger partial charge on any atom is -0.396 e. The molecule has 106 valence electrons. The van der Waals surface area contributed by atoms with Gasteiger partial charge >= 0.3 is 0 Å². The summed E-state index contributed by atoms with van der Waals surface area (Å²) in [5.41, 5.74) is 2.61. The monoisotopic (exact) mass is 265 g/mol. The third-order valence-electron chi connectivity index (χ3n) is 3.30. The number of hydrazine groups is 1. The lowest BCUT2D eigenvalue weighted by Gasteiger charge is -2.28. The Morgan fingerprint density at radius 3 is 2.74 bits per heavy atom. The topological polar surface area (TPSA) is 87.3 Å². The number of rotatable bonds is 7. The first-order valence-corrected chi connectivity index (χ1v) is 6.88. The highest BCUT2D eigenvalue weighted by Gasteiger charge is 2.28. The number of aliphatic hydroxyl groups excluding tert-OH is 1. The lowest BCUT2D eigenvalue weighted by molar-refractivity contribution is 0.288. The molecule has 1 aromatic rings.